The van der Waals surface area contributed by atoms with Crippen LogP contribution in [0.15, 0.2) is 60.8 Å². The summed E-state index contributed by atoms with van der Waals surface area (Å²) in [4.78, 5) is 16.5. The van der Waals surface area contributed by atoms with Gasteiger partial charge in [-0.1, -0.05) is 0 Å². The molecule has 0 bridgehead atoms. The minimum atomic E-state index is -0.325. The standard InChI is InChI=1S/C20H14N4O3/c21-10-13-1-3-14(4-2-13)24-20(25)17-7-5-16(11-22-17)23-15-6-8-18-19(9-15)27-12-26-18/h1-9,11,23H,12H2,(H,24,25). The maximum Gasteiger partial charge on any atom is 0.274 e. The van der Waals surface area contributed by atoms with Crippen molar-refractivity contribution in [3.63, 3.8) is 0 Å². The van der Waals surface area contributed by atoms with E-state index in [4.69, 9.17) is 14.7 Å². The van der Waals surface area contributed by atoms with Gasteiger partial charge in [-0.15, -0.1) is 0 Å². The van der Waals surface area contributed by atoms with Gasteiger partial charge >= 0.3 is 0 Å². The molecular weight excluding hydrogens is 344 g/mol. The van der Waals surface area contributed by atoms with Gasteiger partial charge in [0, 0.05) is 17.4 Å². The van der Waals surface area contributed by atoms with E-state index in [-0.39, 0.29) is 18.4 Å². The van der Waals surface area contributed by atoms with Crippen LogP contribution in [0.5, 0.6) is 11.5 Å². The molecule has 2 aromatic carbocycles. The van der Waals surface area contributed by atoms with Crippen molar-refractivity contribution < 1.29 is 14.3 Å². The summed E-state index contributed by atoms with van der Waals surface area (Å²) in [7, 11) is 0. The van der Waals surface area contributed by atoms with Crippen LogP contribution in [0, 0.1) is 11.3 Å². The molecule has 7 heteroatoms. The number of anilines is 3. The first kappa shape index (κ1) is 16.4. The first-order chi connectivity index (χ1) is 13.2. The fourth-order valence-corrected chi connectivity index (χ4v) is 2.57. The summed E-state index contributed by atoms with van der Waals surface area (Å²) in [5, 5.41) is 14.7. The third-order valence-corrected chi connectivity index (χ3v) is 3.93. The Labute approximate surface area is 155 Å². The molecule has 1 aliphatic heterocycles. The molecule has 2 heterocycles. The minimum Gasteiger partial charge on any atom is -0.454 e. The summed E-state index contributed by atoms with van der Waals surface area (Å²) >= 11 is 0. The first-order valence-electron chi connectivity index (χ1n) is 8.15. The van der Waals surface area contributed by atoms with Crippen LogP contribution in [0.4, 0.5) is 17.1 Å². The minimum absolute atomic E-state index is 0.226. The Morgan fingerprint density at radius 3 is 2.44 bits per heavy atom. The lowest BCUT2D eigenvalue weighted by Gasteiger charge is -2.08. The van der Waals surface area contributed by atoms with Gasteiger partial charge in [0.05, 0.1) is 23.5 Å². The number of aromatic nitrogens is 1. The van der Waals surface area contributed by atoms with Gasteiger partial charge in [-0.2, -0.15) is 5.26 Å². The third-order valence-electron chi connectivity index (χ3n) is 3.93. The van der Waals surface area contributed by atoms with Crippen LogP contribution in [0.25, 0.3) is 0 Å². The molecule has 0 saturated heterocycles. The van der Waals surface area contributed by atoms with Gasteiger partial charge in [0.15, 0.2) is 11.5 Å². The van der Waals surface area contributed by atoms with Gasteiger partial charge in [-0.3, -0.25) is 4.79 Å². The van der Waals surface area contributed by atoms with Crippen LogP contribution in [0.3, 0.4) is 0 Å². The van der Waals surface area contributed by atoms with E-state index in [9.17, 15) is 4.79 Å². The first-order valence-corrected chi connectivity index (χ1v) is 8.15. The van der Waals surface area contributed by atoms with Gasteiger partial charge in [-0.05, 0) is 48.5 Å². The number of amides is 1. The number of rotatable bonds is 4. The molecule has 0 aliphatic carbocycles. The number of ether oxygens (including phenoxy) is 2. The van der Waals surface area contributed by atoms with E-state index in [1.54, 1.807) is 42.6 Å². The Bertz CT molecular complexity index is 1020. The number of carbonyl (C=O) groups excluding carboxylic acids is 1. The fraction of sp³-hybridized carbons (Fsp3) is 0.0500. The predicted octanol–water partition coefficient (Wildman–Crippen LogP) is 3.68. The number of fused-ring (bicyclic) bond motifs is 1. The molecule has 0 atom stereocenters. The Kier molecular flexibility index (Phi) is 4.29. The molecule has 7 nitrogen and oxygen atoms in total. The lowest BCUT2D eigenvalue weighted by Crippen LogP contribution is -2.13. The molecule has 132 valence electrons. The Morgan fingerprint density at radius 2 is 1.70 bits per heavy atom. The largest absolute Gasteiger partial charge is 0.454 e. The van der Waals surface area contributed by atoms with Crippen molar-refractivity contribution in [2.45, 2.75) is 0 Å². The van der Waals surface area contributed by atoms with Crippen molar-refractivity contribution in [3.8, 4) is 17.6 Å². The summed E-state index contributed by atoms with van der Waals surface area (Å²) in [5.74, 6) is 1.08. The SMILES string of the molecule is N#Cc1ccc(NC(=O)c2ccc(Nc3ccc4c(c3)OCO4)cn2)cc1. The second-order valence-corrected chi connectivity index (χ2v) is 5.77. The molecule has 27 heavy (non-hydrogen) atoms. The maximum absolute atomic E-state index is 12.3. The van der Waals surface area contributed by atoms with Crippen LogP contribution in [-0.2, 0) is 0 Å². The zero-order valence-corrected chi connectivity index (χ0v) is 14.1. The second-order valence-electron chi connectivity index (χ2n) is 5.77. The normalized spacial score (nSPS) is 11.5. The summed E-state index contributed by atoms with van der Waals surface area (Å²) in [6.07, 6.45) is 1.58. The van der Waals surface area contributed by atoms with Crippen molar-refractivity contribution in [1.29, 1.82) is 5.26 Å². The third kappa shape index (κ3) is 3.65. The monoisotopic (exact) mass is 358 g/mol. The Morgan fingerprint density at radius 1 is 0.963 bits per heavy atom. The van der Waals surface area contributed by atoms with Crippen molar-refractivity contribution >= 4 is 23.0 Å². The number of nitriles is 1. The van der Waals surface area contributed by atoms with E-state index >= 15 is 0 Å². The van der Waals surface area contributed by atoms with Gasteiger partial charge < -0.3 is 20.1 Å². The Hall–Kier alpha value is -4.05. The summed E-state index contributed by atoms with van der Waals surface area (Å²) in [5.41, 5.74) is 2.99. The average Bonchev–Trinajstić information content (AvgIpc) is 3.17. The number of nitrogens with one attached hydrogen (secondary N) is 2. The van der Waals surface area contributed by atoms with Crippen molar-refractivity contribution in [2.24, 2.45) is 0 Å². The average molecular weight is 358 g/mol. The number of carbonyl (C=O) groups is 1. The van der Waals surface area contributed by atoms with Crippen LogP contribution in [-0.4, -0.2) is 17.7 Å². The highest BCUT2D eigenvalue weighted by molar-refractivity contribution is 6.03. The summed E-state index contributed by atoms with van der Waals surface area (Å²) in [6, 6.07) is 17.6. The highest BCUT2D eigenvalue weighted by Gasteiger charge is 2.13. The second kappa shape index (κ2) is 7.06. The molecule has 3 aromatic rings. The van der Waals surface area contributed by atoms with Crippen molar-refractivity contribution in [3.05, 3.63) is 72.1 Å². The maximum atomic E-state index is 12.3. The molecule has 0 spiro atoms. The van der Waals surface area contributed by atoms with Crippen LogP contribution in [0.2, 0.25) is 0 Å². The highest BCUT2D eigenvalue weighted by Crippen LogP contribution is 2.35. The zero-order valence-electron chi connectivity index (χ0n) is 14.1. The highest BCUT2D eigenvalue weighted by atomic mass is 16.7. The molecule has 1 aliphatic rings. The summed E-state index contributed by atoms with van der Waals surface area (Å²) < 4.78 is 10.6. The van der Waals surface area contributed by atoms with E-state index in [1.165, 1.54) is 0 Å². The molecule has 1 amide bonds. The number of hydrogen-bond donors (Lipinski definition) is 2. The molecule has 0 unspecified atom stereocenters. The number of hydrogen-bond acceptors (Lipinski definition) is 6. The molecule has 2 N–H and O–H groups in total. The zero-order chi connectivity index (χ0) is 18.6. The number of pyridine rings is 1. The quantitative estimate of drug-likeness (QED) is 0.738. The van der Waals surface area contributed by atoms with E-state index in [0.29, 0.717) is 22.7 Å². The van der Waals surface area contributed by atoms with Crippen molar-refractivity contribution in [2.75, 3.05) is 17.4 Å². The van der Waals surface area contributed by atoms with Crippen LogP contribution < -0.4 is 20.1 Å². The fourth-order valence-electron chi connectivity index (χ4n) is 2.57. The van der Waals surface area contributed by atoms with E-state index in [1.807, 2.05) is 24.3 Å². The predicted molar refractivity (Wildman–Crippen MR) is 99.2 cm³/mol. The van der Waals surface area contributed by atoms with Crippen LogP contribution in [0.1, 0.15) is 16.1 Å². The van der Waals surface area contributed by atoms with Gasteiger partial charge in [0.2, 0.25) is 6.79 Å². The Balaban J connectivity index is 1.42. The lowest BCUT2D eigenvalue weighted by atomic mass is 10.2. The smallest absolute Gasteiger partial charge is 0.274 e. The van der Waals surface area contributed by atoms with Gasteiger partial charge in [0.25, 0.3) is 5.91 Å². The van der Waals surface area contributed by atoms with E-state index < -0.39 is 0 Å². The number of nitrogens with zero attached hydrogens (tertiary/aromatic N) is 2. The van der Waals surface area contributed by atoms with Crippen molar-refractivity contribution in [1.82, 2.24) is 4.98 Å². The van der Waals surface area contributed by atoms with E-state index in [2.05, 4.69) is 15.6 Å². The molecule has 1 aromatic heterocycles. The van der Waals surface area contributed by atoms with E-state index in [0.717, 1.165) is 11.4 Å². The molecule has 0 fully saturated rings. The van der Waals surface area contributed by atoms with Crippen LogP contribution >= 0.6 is 0 Å². The van der Waals surface area contributed by atoms with Gasteiger partial charge in [0.1, 0.15) is 5.69 Å². The molecule has 0 saturated carbocycles. The number of benzene rings is 2. The summed E-state index contributed by atoms with van der Waals surface area (Å²) in [6.45, 7) is 0.226. The molecular formula is C20H14N4O3. The lowest BCUT2D eigenvalue weighted by molar-refractivity contribution is 0.102. The molecule has 4 rings (SSSR count). The molecule has 0 radical (unpaired) electrons. The topological polar surface area (TPSA) is 96.3 Å². The van der Waals surface area contributed by atoms with Gasteiger partial charge in [-0.25, -0.2) is 4.98 Å².